The Labute approximate surface area is 58.5 Å². The molecule has 4 nitrogen and oxygen atoms in total. The van der Waals surface area contributed by atoms with Crippen LogP contribution in [0.1, 0.15) is 13.3 Å². The molecule has 0 aromatic carbocycles. The maximum absolute atomic E-state index is 10.2. The van der Waals surface area contributed by atoms with Gasteiger partial charge in [0.15, 0.2) is 0 Å². The Balaban J connectivity index is 3.83. The van der Waals surface area contributed by atoms with Crippen LogP contribution in [0.4, 0.5) is 0 Å². The standard InChI is InChI=1S/C6H9O4/c1-2-4(6(9)10)3-5(7)8/h3-4H,2H2,1H3,(H,7,8)(H,9,10). The molecule has 0 fully saturated rings. The van der Waals surface area contributed by atoms with Gasteiger partial charge in [0.2, 0.25) is 0 Å². The molecule has 10 heavy (non-hydrogen) atoms. The van der Waals surface area contributed by atoms with Crippen LogP contribution in [0.25, 0.3) is 0 Å². The Morgan fingerprint density at radius 1 is 1.50 bits per heavy atom. The van der Waals surface area contributed by atoms with Crippen LogP contribution in [-0.2, 0) is 9.59 Å². The molecule has 2 N–H and O–H groups in total. The van der Waals surface area contributed by atoms with Crippen LogP contribution in [0.3, 0.4) is 0 Å². The largest absolute Gasteiger partial charge is 0.481 e. The molecule has 1 radical (unpaired) electrons. The second-order valence-corrected chi connectivity index (χ2v) is 1.86. The molecule has 0 aliphatic rings. The van der Waals surface area contributed by atoms with Gasteiger partial charge in [-0.15, -0.1) is 0 Å². The quantitative estimate of drug-likeness (QED) is 0.599. The Kier molecular flexibility index (Phi) is 3.46. The Morgan fingerprint density at radius 2 is 2.00 bits per heavy atom. The van der Waals surface area contributed by atoms with E-state index >= 15 is 0 Å². The lowest BCUT2D eigenvalue weighted by Crippen LogP contribution is -2.17. The lowest BCUT2D eigenvalue weighted by molar-refractivity contribution is -0.144. The lowest BCUT2D eigenvalue weighted by atomic mass is 10.0. The molecule has 0 spiro atoms. The molecule has 57 valence electrons. The lowest BCUT2D eigenvalue weighted by Gasteiger charge is -2.03. The second-order valence-electron chi connectivity index (χ2n) is 1.86. The van der Waals surface area contributed by atoms with Crippen molar-refractivity contribution in [2.24, 2.45) is 5.92 Å². The summed E-state index contributed by atoms with van der Waals surface area (Å²) in [6, 6.07) is 0. The summed E-state index contributed by atoms with van der Waals surface area (Å²) in [6.07, 6.45) is 1.09. The molecule has 0 aromatic heterocycles. The van der Waals surface area contributed by atoms with E-state index in [1.165, 1.54) is 0 Å². The van der Waals surface area contributed by atoms with E-state index in [1.54, 1.807) is 6.92 Å². The minimum Gasteiger partial charge on any atom is -0.481 e. The van der Waals surface area contributed by atoms with E-state index in [-0.39, 0.29) is 0 Å². The zero-order valence-corrected chi connectivity index (χ0v) is 5.57. The Hall–Kier alpha value is -1.06. The van der Waals surface area contributed by atoms with Crippen molar-refractivity contribution in [2.45, 2.75) is 13.3 Å². The summed E-state index contributed by atoms with van der Waals surface area (Å²) in [7, 11) is 0. The fourth-order valence-electron chi connectivity index (χ4n) is 0.536. The molecule has 1 unspecified atom stereocenters. The predicted molar refractivity (Wildman–Crippen MR) is 33.4 cm³/mol. The third-order valence-corrected chi connectivity index (χ3v) is 1.10. The molecule has 0 heterocycles. The first-order chi connectivity index (χ1) is 4.57. The van der Waals surface area contributed by atoms with Crippen LogP contribution >= 0.6 is 0 Å². The van der Waals surface area contributed by atoms with Gasteiger partial charge in [-0.3, -0.25) is 9.59 Å². The van der Waals surface area contributed by atoms with Gasteiger partial charge in [-0.25, -0.2) is 0 Å². The summed E-state index contributed by atoms with van der Waals surface area (Å²) >= 11 is 0. The SMILES string of the molecule is CCC([CH]C(=O)O)C(=O)O. The fraction of sp³-hybridized carbons (Fsp3) is 0.500. The molecule has 0 saturated carbocycles. The van der Waals surface area contributed by atoms with Crippen molar-refractivity contribution in [3.63, 3.8) is 0 Å². The third kappa shape index (κ3) is 3.06. The summed E-state index contributed by atoms with van der Waals surface area (Å²) in [5, 5.41) is 16.5. The number of carboxylic acid groups (broad SMARTS) is 2. The molecule has 0 aliphatic carbocycles. The smallest absolute Gasteiger partial charge is 0.308 e. The monoisotopic (exact) mass is 145 g/mol. The van der Waals surface area contributed by atoms with E-state index in [4.69, 9.17) is 10.2 Å². The highest BCUT2D eigenvalue weighted by atomic mass is 16.4. The van der Waals surface area contributed by atoms with Gasteiger partial charge in [0, 0.05) is 0 Å². The van der Waals surface area contributed by atoms with Gasteiger partial charge in [-0.2, -0.15) is 0 Å². The zero-order valence-electron chi connectivity index (χ0n) is 5.57. The first kappa shape index (κ1) is 8.94. The first-order valence-electron chi connectivity index (χ1n) is 2.88. The minimum atomic E-state index is -1.19. The summed E-state index contributed by atoms with van der Waals surface area (Å²) in [4.78, 5) is 20.1. The van der Waals surface area contributed by atoms with E-state index in [2.05, 4.69) is 0 Å². The van der Waals surface area contributed by atoms with Gasteiger partial charge in [-0.05, 0) is 6.42 Å². The molecule has 1 atom stereocenters. The number of rotatable bonds is 4. The van der Waals surface area contributed by atoms with Gasteiger partial charge < -0.3 is 10.2 Å². The number of hydrogen-bond donors (Lipinski definition) is 2. The van der Waals surface area contributed by atoms with Crippen molar-refractivity contribution in [3.05, 3.63) is 6.42 Å². The van der Waals surface area contributed by atoms with Crippen molar-refractivity contribution >= 4 is 11.9 Å². The van der Waals surface area contributed by atoms with Crippen molar-refractivity contribution in [1.29, 1.82) is 0 Å². The molecular weight excluding hydrogens is 136 g/mol. The molecule has 0 aliphatic heterocycles. The van der Waals surface area contributed by atoms with Crippen LogP contribution in [0, 0.1) is 12.3 Å². The average Bonchev–Trinajstić information content (AvgIpc) is 1.81. The van der Waals surface area contributed by atoms with Crippen molar-refractivity contribution in [3.8, 4) is 0 Å². The fourth-order valence-corrected chi connectivity index (χ4v) is 0.536. The maximum atomic E-state index is 10.2. The van der Waals surface area contributed by atoms with E-state index in [9.17, 15) is 9.59 Å². The normalized spacial score (nSPS) is 12.5. The summed E-state index contributed by atoms with van der Waals surface area (Å²) < 4.78 is 0. The van der Waals surface area contributed by atoms with Gasteiger partial charge in [0.1, 0.15) is 0 Å². The van der Waals surface area contributed by atoms with Crippen LogP contribution < -0.4 is 0 Å². The average molecular weight is 145 g/mol. The summed E-state index contributed by atoms with van der Waals surface area (Å²) in [5.41, 5.74) is 0. The van der Waals surface area contributed by atoms with E-state index in [0.717, 1.165) is 6.42 Å². The van der Waals surface area contributed by atoms with Crippen LogP contribution in [0.15, 0.2) is 0 Å². The highest BCUT2D eigenvalue weighted by molar-refractivity contribution is 5.85. The molecule has 0 rings (SSSR count). The number of aliphatic carboxylic acids is 2. The number of hydrogen-bond acceptors (Lipinski definition) is 2. The van der Waals surface area contributed by atoms with Gasteiger partial charge in [0.25, 0.3) is 0 Å². The molecule has 0 amide bonds. The topological polar surface area (TPSA) is 74.6 Å². The predicted octanol–water partition coefficient (Wildman–Crippen LogP) is 0.386. The van der Waals surface area contributed by atoms with Crippen molar-refractivity contribution in [2.75, 3.05) is 0 Å². The van der Waals surface area contributed by atoms with Gasteiger partial charge >= 0.3 is 11.9 Å². The van der Waals surface area contributed by atoms with Crippen LogP contribution in [0.2, 0.25) is 0 Å². The number of carboxylic acids is 2. The second kappa shape index (κ2) is 3.87. The van der Waals surface area contributed by atoms with Crippen LogP contribution in [0.5, 0.6) is 0 Å². The molecule has 4 heteroatoms. The van der Waals surface area contributed by atoms with Crippen LogP contribution in [-0.4, -0.2) is 22.2 Å². The molecule has 0 bridgehead atoms. The Morgan fingerprint density at radius 3 is 2.10 bits per heavy atom. The van der Waals surface area contributed by atoms with E-state index in [0.29, 0.717) is 6.42 Å². The summed E-state index contributed by atoms with van der Waals surface area (Å²) in [5.74, 6) is -3.14. The molecule has 0 aromatic rings. The summed E-state index contributed by atoms with van der Waals surface area (Å²) in [6.45, 7) is 1.62. The van der Waals surface area contributed by atoms with E-state index in [1.807, 2.05) is 0 Å². The van der Waals surface area contributed by atoms with Crippen molar-refractivity contribution in [1.82, 2.24) is 0 Å². The first-order valence-corrected chi connectivity index (χ1v) is 2.88. The zero-order chi connectivity index (χ0) is 8.15. The number of carbonyl (C=O) groups is 2. The van der Waals surface area contributed by atoms with E-state index < -0.39 is 17.9 Å². The highest BCUT2D eigenvalue weighted by Crippen LogP contribution is 2.05. The highest BCUT2D eigenvalue weighted by Gasteiger charge is 2.18. The molecule has 0 saturated heterocycles. The molecular formula is C6H9O4. The third-order valence-electron chi connectivity index (χ3n) is 1.10. The van der Waals surface area contributed by atoms with Gasteiger partial charge in [0.05, 0.1) is 12.3 Å². The minimum absolute atomic E-state index is 0.307. The maximum Gasteiger partial charge on any atom is 0.308 e. The van der Waals surface area contributed by atoms with Crippen molar-refractivity contribution < 1.29 is 19.8 Å². The Bertz CT molecular complexity index is 141. The van der Waals surface area contributed by atoms with Gasteiger partial charge in [-0.1, -0.05) is 6.92 Å².